The summed E-state index contributed by atoms with van der Waals surface area (Å²) in [5.41, 5.74) is 0.648. The molecular weight excluding hydrogens is 392 g/mol. The van der Waals surface area contributed by atoms with E-state index in [-0.39, 0.29) is 24.7 Å². The highest BCUT2D eigenvalue weighted by molar-refractivity contribution is 5.94. The van der Waals surface area contributed by atoms with E-state index in [4.69, 9.17) is 18.9 Å². The molecule has 0 aliphatic rings. The van der Waals surface area contributed by atoms with Crippen LogP contribution in [0.4, 0.5) is 0 Å². The van der Waals surface area contributed by atoms with Gasteiger partial charge in [0.15, 0.2) is 0 Å². The molecule has 0 N–H and O–H groups in total. The average molecular weight is 412 g/mol. The summed E-state index contributed by atoms with van der Waals surface area (Å²) >= 11 is 0. The van der Waals surface area contributed by atoms with E-state index in [2.05, 4.69) is 0 Å². The topological polar surface area (TPSA) is 105 Å². The van der Waals surface area contributed by atoms with E-state index in [1.807, 2.05) is 0 Å². The summed E-state index contributed by atoms with van der Waals surface area (Å²) < 4.78 is 19.8. The van der Waals surface area contributed by atoms with E-state index in [1.54, 1.807) is 13.8 Å². The summed E-state index contributed by atoms with van der Waals surface area (Å²) in [6, 6.07) is 11.6. The molecule has 0 spiro atoms. The SMILES string of the molecule is CCOC(=O)c1ccc(OC(=O)/C=C\C(=O)Oc2ccc(C(=O)OCC)cc2)cc1. The lowest BCUT2D eigenvalue weighted by molar-refractivity contribution is -0.131. The third-order valence-electron chi connectivity index (χ3n) is 3.52. The van der Waals surface area contributed by atoms with E-state index < -0.39 is 23.9 Å². The highest BCUT2D eigenvalue weighted by atomic mass is 16.5. The molecule has 0 saturated carbocycles. The Bertz CT molecular complexity index is 849. The molecule has 2 aromatic rings. The smallest absolute Gasteiger partial charge is 0.338 e. The summed E-state index contributed by atoms with van der Waals surface area (Å²) in [7, 11) is 0. The summed E-state index contributed by atoms with van der Waals surface area (Å²) in [5.74, 6) is -2.16. The fourth-order valence-electron chi connectivity index (χ4n) is 2.18. The first-order chi connectivity index (χ1) is 14.4. The first-order valence-corrected chi connectivity index (χ1v) is 9.09. The molecule has 0 saturated heterocycles. The van der Waals surface area contributed by atoms with Crippen molar-refractivity contribution >= 4 is 23.9 Å². The molecule has 2 aromatic carbocycles. The maximum atomic E-state index is 11.8. The molecule has 156 valence electrons. The van der Waals surface area contributed by atoms with Crippen molar-refractivity contribution in [2.45, 2.75) is 13.8 Å². The van der Waals surface area contributed by atoms with Crippen LogP contribution in [0.15, 0.2) is 60.7 Å². The lowest BCUT2D eigenvalue weighted by atomic mass is 10.2. The third kappa shape index (κ3) is 6.90. The Labute approximate surface area is 173 Å². The number of rotatable bonds is 8. The van der Waals surface area contributed by atoms with Crippen molar-refractivity contribution in [3.05, 3.63) is 71.8 Å². The molecule has 0 amide bonds. The molecule has 30 heavy (non-hydrogen) atoms. The molecule has 0 bridgehead atoms. The molecule has 2 rings (SSSR count). The fourth-order valence-corrected chi connectivity index (χ4v) is 2.18. The van der Waals surface area contributed by atoms with Gasteiger partial charge >= 0.3 is 23.9 Å². The normalized spacial score (nSPS) is 10.3. The Hall–Kier alpha value is -3.94. The van der Waals surface area contributed by atoms with Crippen LogP contribution in [-0.2, 0) is 19.1 Å². The van der Waals surface area contributed by atoms with Crippen molar-refractivity contribution < 1.29 is 38.1 Å². The van der Waals surface area contributed by atoms with E-state index in [1.165, 1.54) is 48.5 Å². The van der Waals surface area contributed by atoms with Crippen molar-refractivity contribution in [3.63, 3.8) is 0 Å². The second-order valence-electron chi connectivity index (χ2n) is 5.67. The van der Waals surface area contributed by atoms with Crippen LogP contribution in [0.1, 0.15) is 34.6 Å². The molecule has 0 unspecified atom stereocenters. The summed E-state index contributed by atoms with van der Waals surface area (Å²) in [6.07, 6.45) is 1.82. The second kappa shape index (κ2) is 11.2. The van der Waals surface area contributed by atoms with Gasteiger partial charge in [0.1, 0.15) is 11.5 Å². The minimum Gasteiger partial charge on any atom is -0.462 e. The lowest BCUT2D eigenvalue weighted by Crippen LogP contribution is -2.09. The predicted octanol–water partition coefficient (Wildman–Crippen LogP) is 3.11. The van der Waals surface area contributed by atoms with Gasteiger partial charge in [-0.3, -0.25) is 0 Å². The van der Waals surface area contributed by atoms with Gasteiger partial charge in [0, 0.05) is 12.2 Å². The van der Waals surface area contributed by atoms with E-state index in [0.717, 1.165) is 12.2 Å². The Balaban J connectivity index is 1.86. The zero-order valence-electron chi connectivity index (χ0n) is 16.5. The zero-order chi connectivity index (χ0) is 21.9. The van der Waals surface area contributed by atoms with Crippen LogP contribution < -0.4 is 9.47 Å². The first-order valence-electron chi connectivity index (χ1n) is 9.09. The number of benzene rings is 2. The molecule has 0 aliphatic heterocycles. The summed E-state index contributed by atoms with van der Waals surface area (Å²) in [6.45, 7) is 3.91. The fraction of sp³-hybridized carbons (Fsp3) is 0.182. The molecule has 0 aliphatic carbocycles. The van der Waals surface area contributed by atoms with Crippen LogP contribution in [0.25, 0.3) is 0 Å². The Morgan fingerprint density at radius 3 is 1.27 bits per heavy atom. The van der Waals surface area contributed by atoms with Gasteiger partial charge in [-0.2, -0.15) is 0 Å². The van der Waals surface area contributed by atoms with Gasteiger partial charge in [0.05, 0.1) is 24.3 Å². The summed E-state index contributed by atoms with van der Waals surface area (Å²) in [5, 5.41) is 0. The van der Waals surface area contributed by atoms with Gasteiger partial charge < -0.3 is 18.9 Å². The molecule has 0 fully saturated rings. The standard InChI is InChI=1S/C22H20O8/c1-3-27-21(25)15-5-9-17(10-6-15)29-19(23)13-14-20(24)30-18-11-7-16(8-12-18)22(26)28-4-2/h5-14H,3-4H2,1-2H3/b14-13-. The van der Waals surface area contributed by atoms with Gasteiger partial charge in [-0.15, -0.1) is 0 Å². The van der Waals surface area contributed by atoms with Crippen molar-refractivity contribution in [2.24, 2.45) is 0 Å². The van der Waals surface area contributed by atoms with Crippen molar-refractivity contribution in [1.29, 1.82) is 0 Å². The van der Waals surface area contributed by atoms with Crippen LogP contribution >= 0.6 is 0 Å². The van der Waals surface area contributed by atoms with Gasteiger partial charge in [0.25, 0.3) is 0 Å². The number of ether oxygens (including phenoxy) is 4. The van der Waals surface area contributed by atoms with Gasteiger partial charge in [-0.05, 0) is 62.4 Å². The quantitative estimate of drug-likeness (QED) is 0.370. The number of hydrogen-bond donors (Lipinski definition) is 0. The first kappa shape index (κ1) is 22.4. The highest BCUT2D eigenvalue weighted by Gasteiger charge is 2.09. The van der Waals surface area contributed by atoms with Crippen LogP contribution in [0.5, 0.6) is 11.5 Å². The number of carbonyl (C=O) groups excluding carboxylic acids is 4. The Morgan fingerprint density at radius 2 is 0.967 bits per heavy atom. The van der Waals surface area contributed by atoms with Gasteiger partial charge in [0.2, 0.25) is 0 Å². The zero-order valence-corrected chi connectivity index (χ0v) is 16.5. The lowest BCUT2D eigenvalue weighted by Gasteiger charge is -2.04. The Kier molecular flexibility index (Phi) is 8.31. The predicted molar refractivity (Wildman–Crippen MR) is 105 cm³/mol. The van der Waals surface area contributed by atoms with E-state index in [0.29, 0.717) is 11.1 Å². The molecule has 8 heteroatoms. The molecule has 8 nitrogen and oxygen atoms in total. The minimum absolute atomic E-state index is 0.195. The highest BCUT2D eigenvalue weighted by Crippen LogP contribution is 2.15. The van der Waals surface area contributed by atoms with Gasteiger partial charge in [-0.25, -0.2) is 19.2 Å². The average Bonchev–Trinajstić information content (AvgIpc) is 2.73. The molecule has 0 aromatic heterocycles. The second-order valence-corrected chi connectivity index (χ2v) is 5.67. The van der Waals surface area contributed by atoms with E-state index >= 15 is 0 Å². The maximum absolute atomic E-state index is 11.8. The number of carbonyl (C=O) groups is 4. The summed E-state index contributed by atoms with van der Waals surface area (Å²) in [4.78, 5) is 46.8. The van der Waals surface area contributed by atoms with Crippen LogP contribution in [-0.4, -0.2) is 37.1 Å². The van der Waals surface area contributed by atoms with Gasteiger partial charge in [-0.1, -0.05) is 0 Å². The monoisotopic (exact) mass is 412 g/mol. The minimum atomic E-state index is -0.798. The largest absolute Gasteiger partial charge is 0.462 e. The number of hydrogen-bond acceptors (Lipinski definition) is 8. The third-order valence-corrected chi connectivity index (χ3v) is 3.52. The van der Waals surface area contributed by atoms with Crippen LogP contribution in [0, 0.1) is 0 Å². The van der Waals surface area contributed by atoms with E-state index in [9.17, 15) is 19.2 Å². The maximum Gasteiger partial charge on any atom is 0.338 e. The Morgan fingerprint density at radius 1 is 0.633 bits per heavy atom. The van der Waals surface area contributed by atoms with Crippen molar-refractivity contribution in [1.82, 2.24) is 0 Å². The van der Waals surface area contributed by atoms with Crippen molar-refractivity contribution in [3.8, 4) is 11.5 Å². The molecular formula is C22H20O8. The van der Waals surface area contributed by atoms with Crippen molar-refractivity contribution in [2.75, 3.05) is 13.2 Å². The number of esters is 4. The molecule has 0 heterocycles. The molecule has 0 atom stereocenters. The molecule has 0 radical (unpaired) electrons. The van der Waals surface area contributed by atoms with Crippen LogP contribution in [0.2, 0.25) is 0 Å². The van der Waals surface area contributed by atoms with Crippen LogP contribution in [0.3, 0.4) is 0 Å².